The predicted octanol–water partition coefficient (Wildman–Crippen LogP) is 1.40. The zero-order chi connectivity index (χ0) is 14.1. The van der Waals surface area contributed by atoms with E-state index in [-0.39, 0.29) is 5.91 Å². The third-order valence-electron chi connectivity index (χ3n) is 3.71. The Hall–Kier alpha value is -2.08. The molecule has 1 unspecified atom stereocenters. The number of likely N-dealkylation sites (tertiary alicyclic amines) is 1. The van der Waals surface area contributed by atoms with Gasteiger partial charge in [-0.1, -0.05) is 0 Å². The fraction of sp³-hybridized carbons (Fsp3) is 0.429. The molecule has 6 nitrogen and oxygen atoms in total. The molecule has 0 aliphatic carbocycles. The molecule has 1 aliphatic rings. The molecule has 3 heterocycles. The number of carbonyl (C=O) groups is 1. The van der Waals surface area contributed by atoms with E-state index in [4.69, 9.17) is 10.2 Å². The second-order valence-corrected chi connectivity index (χ2v) is 5.22. The van der Waals surface area contributed by atoms with Crippen molar-refractivity contribution in [3.8, 4) is 11.5 Å². The van der Waals surface area contributed by atoms with Crippen molar-refractivity contribution >= 4 is 5.91 Å². The van der Waals surface area contributed by atoms with E-state index in [2.05, 4.69) is 10.2 Å². The molecular weight excluding hydrogens is 256 g/mol. The van der Waals surface area contributed by atoms with E-state index in [9.17, 15) is 4.79 Å². The Bertz CT molecular complexity index is 616. The van der Waals surface area contributed by atoms with Crippen molar-refractivity contribution in [1.29, 1.82) is 0 Å². The number of aromatic nitrogens is 2. The number of nitrogens with one attached hydrogen (secondary N) is 1. The molecule has 6 heteroatoms. The molecule has 3 N–H and O–H groups in total. The monoisotopic (exact) mass is 274 g/mol. The van der Waals surface area contributed by atoms with Crippen LogP contribution in [0.5, 0.6) is 0 Å². The highest BCUT2D eigenvalue weighted by atomic mass is 16.3. The van der Waals surface area contributed by atoms with Gasteiger partial charge in [-0.3, -0.25) is 9.89 Å². The quantitative estimate of drug-likeness (QED) is 0.885. The molecule has 1 fully saturated rings. The molecule has 0 saturated carbocycles. The van der Waals surface area contributed by atoms with E-state index in [0.717, 1.165) is 31.0 Å². The third kappa shape index (κ3) is 2.34. The SMILES string of the molecule is Cc1ccc(-c2cc(C(=O)N3CCC(CN)C3)n[nH]2)o1. The molecule has 106 valence electrons. The highest BCUT2D eigenvalue weighted by Crippen LogP contribution is 2.22. The van der Waals surface area contributed by atoms with Crippen LogP contribution in [0.2, 0.25) is 0 Å². The van der Waals surface area contributed by atoms with Gasteiger partial charge in [0.25, 0.3) is 5.91 Å². The highest BCUT2D eigenvalue weighted by molar-refractivity contribution is 5.93. The van der Waals surface area contributed by atoms with Crippen molar-refractivity contribution < 1.29 is 9.21 Å². The lowest BCUT2D eigenvalue weighted by atomic mass is 10.1. The van der Waals surface area contributed by atoms with Crippen LogP contribution in [0.15, 0.2) is 22.6 Å². The van der Waals surface area contributed by atoms with E-state index in [1.165, 1.54) is 0 Å². The molecule has 0 aromatic carbocycles. The lowest BCUT2D eigenvalue weighted by Gasteiger charge is -2.14. The summed E-state index contributed by atoms with van der Waals surface area (Å²) < 4.78 is 5.51. The van der Waals surface area contributed by atoms with E-state index in [0.29, 0.717) is 23.9 Å². The normalized spacial score (nSPS) is 18.7. The van der Waals surface area contributed by atoms with Gasteiger partial charge in [-0.25, -0.2) is 0 Å². The zero-order valence-electron chi connectivity index (χ0n) is 11.4. The second kappa shape index (κ2) is 5.13. The topological polar surface area (TPSA) is 88.1 Å². The van der Waals surface area contributed by atoms with E-state index in [1.54, 1.807) is 6.07 Å². The summed E-state index contributed by atoms with van der Waals surface area (Å²) in [7, 11) is 0. The van der Waals surface area contributed by atoms with Gasteiger partial charge in [-0.15, -0.1) is 0 Å². The number of nitrogens with zero attached hydrogens (tertiary/aromatic N) is 2. The van der Waals surface area contributed by atoms with Gasteiger partial charge in [0.05, 0.1) is 0 Å². The molecule has 0 bridgehead atoms. The van der Waals surface area contributed by atoms with Crippen LogP contribution in [0, 0.1) is 12.8 Å². The molecule has 1 saturated heterocycles. The minimum atomic E-state index is -0.0493. The van der Waals surface area contributed by atoms with Crippen molar-refractivity contribution in [2.45, 2.75) is 13.3 Å². The fourth-order valence-electron chi connectivity index (χ4n) is 2.51. The molecule has 1 amide bonds. The maximum Gasteiger partial charge on any atom is 0.274 e. The first-order chi connectivity index (χ1) is 9.67. The fourth-order valence-corrected chi connectivity index (χ4v) is 2.51. The largest absolute Gasteiger partial charge is 0.460 e. The van der Waals surface area contributed by atoms with Crippen LogP contribution in [0.25, 0.3) is 11.5 Å². The maximum absolute atomic E-state index is 12.3. The van der Waals surface area contributed by atoms with Gasteiger partial charge in [0.15, 0.2) is 11.5 Å². The van der Waals surface area contributed by atoms with Gasteiger partial charge in [-0.05, 0) is 37.9 Å². The molecule has 2 aromatic heterocycles. The lowest BCUT2D eigenvalue weighted by molar-refractivity contribution is 0.0782. The minimum Gasteiger partial charge on any atom is -0.460 e. The van der Waals surface area contributed by atoms with Crippen molar-refractivity contribution in [3.05, 3.63) is 29.7 Å². The van der Waals surface area contributed by atoms with Gasteiger partial charge < -0.3 is 15.1 Å². The molecule has 1 aliphatic heterocycles. The molecule has 3 rings (SSSR count). The summed E-state index contributed by atoms with van der Waals surface area (Å²) in [6.07, 6.45) is 0.969. The number of hydrogen-bond acceptors (Lipinski definition) is 4. The van der Waals surface area contributed by atoms with Crippen LogP contribution < -0.4 is 5.73 Å². The second-order valence-electron chi connectivity index (χ2n) is 5.22. The number of amides is 1. The van der Waals surface area contributed by atoms with E-state index >= 15 is 0 Å². The number of hydrogen-bond donors (Lipinski definition) is 2. The molecule has 20 heavy (non-hydrogen) atoms. The molecule has 0 spiro atoms. The van der Waals surface area contributed by atoms with Gasteiger partial charge in [0.1, 0.15) is 11.5 Å². The number of rotatable bonds is 3. The third-order valence-corrected chi connectivity index (χ3v) is 3.71. The van der Waals surface area contributed by atoms with Crippen molar-refractivity contribution in [2.75, 3.05) is 19.6 Å². The van der Waals surface area contributed by atoms with Crippen molar-refractivity contribution in [2.24, 2.45) is 11.7 Å². The summed E-state index contributed by atoms with van der Waals surface area (Å²) in [6.45, 7) is 3.98. The standard InChI is InChI=1S/C14H18N4O2/c1-9-2-3-13(20-9)11-6-12(17-16-11)14(19)18-5-4-10(7-15)8-18/h2-3,6,10H,4-5,7-8,15H2,1H3,(H,16,17). The number of aromatic amines is 1. The molecule has 0 radical (unpaired) electrons. The first-order valence-corrected chi connectivity index (χ1v) is 6.79. The number of H-pyrrole nitrogens is 1. The minimum absolute atomic E-state index is 0.0493. The van der Waals surface area contributed by atoms with Gasteiger partial charge >= 0.3 is 0 Å². The Labute approximate surface area is 116 Å². The summed E-state index contributed by atoms with van der Waals surface area (Å²) >= 11 is 0. The highest BCUT2D eigenvalue weighted by Gasteiger charge is 2.27. The summed E-state index contributed by atoms with van der Waals surface area (Å²) in [5.41, 5.74) is 6.79. The van der Waals surface area contributed by atoms with Crippen LogP contribution in [-0.4, -0.2) is 40.6 Å². The van der Waals surface area contributed by atoms with Gasteiger partial charge in [0, 0.05) is 19.2 Å². The Morgan fingerprint density at radius 3 is 3.10 bits per heavy atom. The number of aryl methyl sites for hydroxylation is 1. The first kappa shape index (κ1) is 12.9. The van der Waals surface area contributed by atoms with E-state index in [1.807, 2.05) is 24.0 Å². The average molecular weight is 274 g/mol. The maximum atomic E-state index is 12.3. The van der Waals surface area contributed by atoms with Crippen LogP contribution in [0.4, 0.5) is 0 Å². The zero-order valence-corrected chi connectivity index (χ0v) is 11.4. The average Bonchev–Trinajstić information content (AvgIpc) is 3.17. The Morgan fingerprint density at radius 2 is 2.45 bits per heavy atom. The smallest absolute Gasteiger partial charge is 0.274 e. The number of furan rings is 1. The van der Waals surface area contributed by atoms with Crippen LogP contribution >= 0.6 is 0 Å². The summed E-state index contributed by atoms with van der Waals surface area (Å²) in [5.74, 6) is 1.87. The predicted molar refractivity (Wildman–Crippen MR) is 74.1 cm³/mol. The summed E-state index contributed by atoms with van der Waals surface area (Å²) in [5, 5.41) is 6.94. The number of carbonyl (C=O) groups excluding carboxylic acids is 1. The van der Waals surface area contributed by atoms with Crippen LogP contribution in [-0.2, 0) is 0 Å². The summed E-state index contributed by atoms with van der Waals surface area (Å²) in [4.78, 5) is 14.1. The van der Waals surface area contributed by atoms with Gasteiger partial charge in [0.2, 0.25) is 0 Å². The van der Waals surface area contributed by atoms with Gasteiger partial charge in [-0.2, -0.15) is 5.10 Å². The molecular formula is C14H18N4O2. The van der Waals surface area contributed by atoms with Crippen LogP contribution in [0.1, 0.15) is 22.7 Å². The van der Waals surface area contributed by atoms with Crippen LogP contribution in [0.3, 0.4) is 0 Å². The Morgan fingerprint density at radius 1 is 1.60 bits per heavy atom. The van der Waals surface area contributed by atoms with Crippen molar-refractivity contribution in [1.82, 2.24) is 15.1 Å². The molecule has 1 atom stereocenters. The first-order valence-electron chi connectivity index (χ1n) is 6.79. The Balaban J connectivity index is 1.75. The Kier molecular flexibility index (Phi) is 3.31. The van der Waals surface area contributed by atoms with Crippen molar-refractivity contribution in [3.63, 3.8) is 0 Å². The summed E-state index contributed by atoms with van der Waals surface area (Å²) in [6, 6.07) is 5.47. The lowest BCUT2D eigenvalue weighted by Crippen LogP contribution is -2.30. The number of nitrogens with two attached hydrogens (primary N) is 1. The van der Waals surface area contributed by atoms with E-state index < -0.39 is 0 Å². The molecule has 2 aromatic rings.